The second kappa shape index (κ2) is 4.33. The summed E-state index contributed by atoms with van der Waals surface area (Å²) in [7, 11) is 0. The van der Waals surface area contributed by atoms with Gasteiger partial charge in [-0.3, -0.25) is 4.79 Å². The van der Waals surface area contributed by atoms with Crippen LogP contribution < -0.4 is 11.1 Å². The summed E-state index contributed by atoms with van der Waals surface area (Å²) in [6, 6.07) is 8.37. The summed E-state index contributed by atoms with van der Waals surface area (Å²) in [5.74, 6) is -0.242. The van der Waals surface area contributed by atoms with Crippen molar-refractivity contribution in [2.45, 2.75) is 12.5 Å². The summed E-state index contributed by atoms with van der Waals surface area (Å²) in [4.78, 5) is 11.0. The maximum atomic E-state index is 11.0. The van der Waals surface area contributed by atoms with E-state index in [2.05, 4.69) is 33.4 Å². The summed E-state index contributed by atoms with van der Waals surface area (Å²) < 4.78 is 1.06. The van der Waals surface area contributed by atoms with E-state index in [4.69, 9.17) is 5.73 Å². The molecule has 1 aromatic carbocycles. The van der Waals surface area contributed by atoms with Gasteiger partial charge in [-0.25, -0.2) is 0 Å². The minimum atomic E-state index is -0.208. The Balaban J connectivity index is 2.11. The highest BCUT2D eigenvalue weighted by Crippen LogP contribution is 2.28. The molecule has 80 valence electrons. The van der Waals surface area contributed by atoms with Gasteiger partial charge in [0.1, 0.15) is 0 Å². The lowest BCUT2D eigenvalue weighted by atomic mass is 10.00. The maximum Gasteiger partial charge on any atom is 0.221 e. The lowest BCUT2D eigenvalue weighted by Crippen LogP contribution is -2.24. The number of primary amides is 1. The van der Waals surface area contributed by atoms with Crippen LogP contribution in [0.4, 0.5) is 0 Å². The summed E-state index contributed by atoms with van der Waals surface area (Å²) >= 11 is 3.43. The van der Waals surface area contributed by atoms with Crippen molar-refractivity contribution in [3.63, 3.8) is 0 Å². The molecule has 1 saturated heterocycles. The van der Waals surface area contributed by atoms with Gasteiger partial charge in [0.25, 0.3) is 0 Å². The Kier molecular flexibility index (Phi) is 3.07. The number of halogens is 1. The van der Waals surface area contributed by atoms with Crippen molar-refractivity contribution in [3.8, 4) is 0 Å². The van der Waals surface area contributed by atoms with Gasteiger partial charge >= 0.3 is 0 Å². The zero-order chi connectivity index (χ0) is 10.8. The first-order valence-electron chi connectivity index (χ1n) is 4.95. The minimum absolute atomic E-state index is 0.0334. The normalized spacial score (nSPS) is 25.4. The summed E-state index contributed by atoms with van der Waals surface area (Å²) in [6.07, 6.45) is 0.797. The van der Waals surface area contributed by atoms with Crippen molar-refractivity contribution in [1.82, 2.24) is 5.32 Å². The Hall–Kier alpha value is -0.870. The Morgan fingerprint density at radius 2 is 2.33 bits per heavy atom. The topological polar surface area (TPSA) is 55.1 Å². The second-order valence-electron chi connectivity index (χ2n) is 3.85. The van der Waals surface area contributed by atoms with Crippen LogP contribution in [0.25, 0.3) is 0 Å². The van der Waals surface area contributed by atoms with Gasteiger partial charge in [0, 0.05) is 17.1 Å². The van der Waals surface area contributed by atoms with Crippen molar-refractivity contribution < 1.29 is 4.79 Å². The Morgan fingerprint density at radius 3 is 2.93 bits per heavy atom. The number of amides is 1. The fourth-order valence-electron chi connectivity index (χ4n) is 1.93. The van der Waals surface area contributed by atoms with Gasteiger partial charge in [-0.05, 0) is 24.1 Å². The molecule has 1 aromatic rings. The lowest BCUT2D eigenvalue weighted by molar-refractivity contribution is -0.121. The minimum Gasteiger partial charge on any atom is -0.369 e. The predicted molar refractivity (Wildman–Crippen MR) is 62.2 cm³/mol. The van der Waals surface area contributed by atoms with Crippen LogP contribution in [0.15, 0.2) is 28.7 Å². The predicted octanol–water partition coefficient (Wildman–Crippen LogP) is 1.58. The lowest BCUT2D eigenvalue weighted by Gasteiger charge is -2.10. The van der Waals surface area contributed by atoms with Crippen LogP contribution in [-0.4, -0.2) is 12.5 Å². The fraction of sp³-hybridized carbons (Fsp3) is 0.364. The number of rotatable bonds is 2. The van der Waals surface area contributed by atoms with Crippen LogP contribution in [0.5, 0.6) is 0 Å². The number of nitrogens with one attached hydrogen (secondary N) is 1. The van der Waals surface area contributed by atoms with Crippen molar-refractivity contribution in [2.75, 3.05) is 6.54 Å². The molecule has 3 nitrogen and oxygen atoms in total. The van der Waals surface area contributed by atoms with E-state index in [9.17, 15) is 4.79 Å². The molecular formula is C11H13BrN2O. The maximum absolute atomic E-state index is 11.0. The van der Waals surface area contributed by atoms with Crippen LogP contribution in [0.3, 0.4) is 0 Å². The van der Waals surface area contributed by atoms with Crippen LogP contribution in [0, 0.1) is 5.92 Å². The van der Waals surface area contributed by atoms with Gasteiger partial charge in [-0.15, -0.1) is 0 Å². The van der Waals surface area contributed by atoms with Crippen LogP contribution in [0.1, 0.15) is 18.0 Å². The highest BCUT2D eigenvalue weighted by molar-refractivity contribution is 9.10. The first-order chi connectivity index (χ1) is 7.16. The van der Waals surface area contributed by atoms with Crippen molar-refractivity contribution >= 4 is 21.8 Å². The van der Waals surface area contributed by atoms with E-state index < -0.39 is 0 Å². The molecule has 0 spiro atoms. The highest BCUT2D eigenvalue weighted by Gasteiger charge is 2.28. The SMILES string of the molecule is NC(=O)C1CNC(c2cccc(Br)c2)C1. The molecule has 1 heterocycles. The number of benzene rings is 1. The van der Waals surface area contributed by atoms with E-state index in [0.717, 1.165) is 10.9 Å². The quantitative estimate of drug-likeness (QED) is 0.856. The standard InChI is InChI=1S/C11H13BrN2O/c12-9-3-1-2-7(4-9)10-5-8(6-14-10)11(13)15/h1-4,8,10,14H,5-6H2,(H2,13,15). The van der Waals surface area contributed by atoms with Crippen LogP contribution >= 0.6 is 15.9 Å². The third-order valence-electron chi connectivity index (χ3n) is 2.78. The fourth-order valence-corrected chi connectivity index (χ4v) is 2.35. The smallest absolute Gasteiger partial charge is 0.221 e. The summed E-state index contributed by atoms with van der Waals surface area (Å²) in [5, 5.41) is 3.31. The molecule has 15 heavy (non-hydrogen) atoms. The molecule has 1 amide bonds. The largest absolute Gasteiger partial charge is 0.369 e. The zero-order valence-electron chi connectivity index (χ0n) is 8.24. The zero-order valence-corrected chi connectivity index (χ0v) is 9.83. The van der Waals surface area contributed by atoms with E-state index in [1.165, 1.54) is 5.56 Å². The molecule has 4 heteroatoms. The monoisotopic (exact) mass is 268 g/mol. The third-order valence-corrected chi connectivity index (χ3v) is 3.28. The molecule has 0 saturated carbocycles. The molecule has 1 fully saturated rings. The van der Waals surface area contributed by atoms with E-state index in [-0.39, 0.29) is 17.9 Å². The van der Waals surface area contributed by atoms with E-state index in [1.54, 1.807) is 0 Å². The van der Waals surface area contributed by atoms with E-state index >= 15 is 0 Å². The molecule has 2 unspecified atom stereocenters. The van der Waals surface area contributed by atoms with Gasteiger partial charge < -0.3 is 11.1 Å². The molecule has 3 N–H and O–H groups in total. The molecule has 0 aliphatic carbocycles. The molecule has 1 aliphatic heterocycles. The van der Waals surface area contributed by atoms with Crippen LogP contribution in [-0.2, 0) is 4.79 Å². The van der Waals surface area contributed by atoms with Gasteiger partial charge in [-0.2, -0.15) is 0 Å². The summed E-state index contributed by atoms with van der Waals surface area (Å²) in [5.41, 5.74) is 6.48. The molecular weight excluding hydrogens is 256 g/mol. The average molecular weight is 269 g/mol. The van der Waals surface area contributed by atoms with Crippen LogP contribution in [0.2, 0.25) is 0 Å². The van der Waals surface area contributed by atoms with Gasteiger partial charge in [0.05, 0.1) is 5.92 Å². The number of hydrogen-bond donors (Lipinski definition) is 2. The van der Waals surface area contributed by atoms with Gasteiger partial charge in [0.2, 0.25) is 5.91 Å². The molecule has 1 aliphatic rings. The number of hydrogen-bond acceptors (Lipinski definition) is 2. The molecule has 2 atom stereocenters. The van der Waals surface area contributed by atoms with Gasteiger partial charge in [0.15, 0.2) is 0 Å². The number of carbonyl (C=O) groups excluding carboxylic acids is 1. The molecule has 2 rings (SSSR count). The Morgan fingerprint density at radius 1 is 1.53 bits per heavy atom. The number of carbonyl (C=O) groups is 1. The van der Waals surface area contributed by atoms with Crippen molar-refractivity contribution in [1.29, 1.82) is 0 Å². The van der Waals surface area contributed by atoms with Crippen molar-refractivity contribution in [2.24, 2.45) is 11.7 Å². The number of nitrogens with two attached hydrogens (primary N) is 1. The molecule has 0 aromatic heterocycles. The van der Waals surface area contributed by atoms with Crippen molar-refractivity contribution in [3.05, 3.63) is 34.3 Å². The van der Waals surface area contributed by atoms with E-state index in [0.29, 0.717) is 6.54 Å². The second-order valence-corrected chi connectivity index (χ2v) is 4.77. The average Bonchev–Trinajstić information content (AvgIpc) is 2.66. The van der Waals surface area contributed by atoms with Gasteiger partial charge in [-0.1, -0.05) is 28.1 Å². The Labute approximate surface area is 97.2 Å². The first kappa shape index (κ1) is 10.6. The summed E-state index contributed by atoms with van der Waals surface area (Å²) in [6.45, 7) is 0.687. The first-order valence-corrected chi connectivity index (χ1v) is 5.74. The molecule has 0 radical (unpaired) electrons. The highest BCUT2D eigenvalue weighted by atomic mass is 79.9. The third kappa shape index (κ3) is 2.38. The Bertz CT molecular complexity index is 381. The van der Waals surface area contributed by atoms with E-state index in [1.807, 2.05) is 12.1 Å². The molecule has 0 bridgehead atoms.